The van der Waals surface area contributed by atoms with Gasteiger partial charge in [-0.05, 0) is 29.6 Å². The summed E-state index contributed by atoms with van der Waals surface area (Å²) in [6.45, 7) is 5.19. The molecule has 5 heteroatoms. The van der Waals surface area contributed by atoms with Crippen molar-refractivity contribution in [3.05, 3.63) is 29.3 Å². The third kappa shape index (κ3) is 2.27. The summed E-state index contributed by atoms with van der Waals surface area (Å²) in [5.74, 6) is 0.573. The van der Waals surface area contributed by atoms with Crippen LogP contribution in [0.25, 0.3) is 10.2 Å². The Kier molecular flexibility index (Phi) is 3.56. The molecule has 3 rings (SSSR count). The zero-order chi connectivity index (χ0) is 12.4. The fraction of sp³-hybridized carbons (Fsp3) is 0.462. The smallest absolute Gasteiger partial charge is 0.0809 e. The first-order chi connectivity index (χ1) is 8.88. The van der Waals surface area contributed by atoms with E-state index in [1.165, 1.54) is 10.3 Å². The highest BCUT2D eigenvalue weighted by Crippen LogP contribution is 2.28. The number of pyridine rings is 1. The second kappa shape index (κ2) is 5.32. The minimum Gasteiger partial charge on any atom is -0.317 e. The van der Waals surface area contributed by atoms with E-state index in [9.17, 15) is 0 Å². The van der Waals surface area contributed by atoms with E-state index >= 15 is 0 Å². The largest absolute Gasteiger partial charge is 0.317 e. The van der Waals surface area contributed by atoms with Crippen LogP contribution in [0.2, 0.25) is 0 Å². The lowest BCUT2D eigenvalue weighted by Crippen LogP contribution is -2.28. The normalized spacial score (nSPS) is 23.8. The predicted molar refractivity (Wildman–Crippen MR) is 75.5 cm³/mol. The molecule has 3 heterocycles. The van der Waals surface area contributed by atoms with Gasteiger partial charge in [-0.25, -0.2) is 5.43 Å². The third-order valence-corrected chi connectivity index (χ3v) is 4.29. The number of thiophene rings is 1. The predicted octanol–water partition coefficient (Wildman–Crippen LogP) is 1.67. The van der Waals surface area contributed by atoms with Crippen molar-refractivity contribution < 1.29 is 0 Å². The Morgan fingerprint density at radius 3 is 3.39 bits per heavy atom. The molecule has 2 aromatic rings. The van der Waals surface area contributed by atoms with Gasteiger partial charge in [-0.1, -0.05) is 6.92 Å². The second-order valence-corrected chi connectivity index (χ2v) is 5.59. The molecule has 2 unspecified atom stereocenters. The Balaban J connectivity index is 1.83. The SMILES string of the molecule is CCNCC1CNNC1c1cnc2ccsc2c1. The molecule has 0 radical (unpaired) electrons. The molecular weight excluding hydrogens is 244 g/mol. The molecule has 18 heavy (non-hydrogen) atoms. The third-order valence-electron chi connectivity index (χ3n) is 3.43. The van der Waals surface area contributed by atoms with Gasteiger partial charge in [-0.15, -0.1) is 11.3 Å². The van der Waals surface area contributed by atoms with Crippen molar-refractivity contribution >= 4 is 21.6 Å². The van der Waals surface area contributed by atoms with Crippen LogP contribution in [-0.2, 0) is 0 Å². The summed E-state index contributed by atoms with van der Waals surface area (Å²) in [6, 6.07) is 4.68. The summed E-state index contributed by atoms with van der Waals surface area (Å²) in [4.78, 5) is 4.52. The van der Waals surface area contributed by atoms with Gasteiger partial charge in [0.05, 0.1) is 16.3 Å². The zero-order valence-corrected chi connectivity index (χ0v) is 11.3. The molecule has 2 aromatic heterocycles. The Hall–Kier alpha value is -1.01. The lowest BCUT2D eigenvalue weighted by Gasteiger charge is -2.18. The van der Waals surface area contributed by atoms with Crippen LogP contribution in [0.1, 0.15) is 18.5 Å². The molecule has 1 aliphatic rings. The number of fused-ring (bicyclic) bond motifs is 1. The van der Waals surface area contributed by atoms with Gasteiger partial charge in [-0.3, -0.25) is 10.4 Å². The molecule has 2 atom stereocenters. The first-order valence-corrected chi connectivity index (χ1v) is 7.28. The molecule has 0 spiro atoms. The molecule has 0 amide bonds. The van der Waals surface area contributed by atoms with Crippen molar-refractivity contribution in [1.82, 2.24) is 21.2 Å². The van der Waals surface area contributed by atoms with Gasteiger partial charge in [0.25, 0.3) is 0 Å². The van der Waals surface area contributed by atoms with E-state index < -0.39 is 0 Å². The summed E-state index contributed by atoms with van der Waals surface area (Å²) in [5.41, 5.74) is 8.99. The van der Waals surface area contributed by atoms with Crippen LogP contribution < -0.4 is 16.2 Å². The van der Waals surface area contributed by atoms with E-state index in [1.807, 2.05) is 6.20 Å². The van der Waals surface area contributed by atoms with Gasteiger partial charge in [0.1, 0.15) is 0 Å². The van der Waals surface area contributed by atoms with Gasteiger partial charge < -0.3 is 5.32 Å². The standard InChI is InChI=1S/C13H18N4S/c1-2-14-6-10-8-16-17-13(10)9-5-12-11(15-7-9)3-4-18-12/h3-5,7,10,13-14,16-17H,2,6,8H2,1H3. The Morgan fingerprint density at radius 2 is 2.50 bits per heavy atom. The van der Waals surface area contributed by atoms with Gasteiger partial charge in [0, 0.05) is 25.2 Å². The van der Waals surface area contributed by atoms with Crippen LogP contribution in [0, 0.1) is 5.92 Å². The molecule has 0 aromatic carbocycles. The quantitative estimate of drug-likeness (QED) is 0.784. The highest BCUT2D eigenvalue weighted by molar-refractivity contribution is 7.17. The van der Waals surface area contributed by atoms with Gasteiger partial charge in [-0.2, -0.15) is 0 Å². The topological polar surface area (TPSA) is 49.0 Å². The van der Waals surface area contributed by atoms with Crippen molar-refractivity contribution in [2.75, 3.05) is 19.6 Å². The minimum atomic E-state index is 0.350. The van der Waals surface area contributed by atoms with E-state index in [0.717, 1.165) is 25.2 Å². The minimum absolute atomic E-state index is 0.350. The maximum Gasteiger partial charge on any atom is 0.0809 e. The highest BCUT2D eigenvalue weighted by atomic mass is 32.1. The number of nitrogens with zero attached hydrogens (tertiary/aromatic N) is 1. The molecule has 0 saturated carbocycles. The first-order valence-electron chi connectivity index (χ1n) is 6.40. The van der Waals surface area contributed by atoms with Gasteiger partial charge in [0.15, 0.2) is 0 Å². The van der Waals surface area contributed by atoms with E-state index in [2.05, 4.69) is 45.6 Å². The van der Waals surface area contributed by atoms with Crippen molar-refractivity contribution in [3.8, 4) is 0 Å². The lowest BCUT2D eigenvalue weighted by molar-refractivity contribution is 0.447. The fourth-order valence-electron chi connectivity index (χ4n) is 2.44. The number of hydrogen-bond acceptors (Lipinski definition) is 5. The van der Waals surface area contributed by atoms with Crippen molar-refractivity contribution in [3.63, 3.8) is 0 Å². The molecule has 96 valence electrons. The van der Waals surface area contributed by atoms with E-state index in [0.29, 0.717) is 12.0 Å². The van der Waals surface area contributed by atoms with Gasteiger partial charge >= 0.3 is 0 Å². The molecule has 3 N–H and O–H groups in total. The van der Waals surface area contributed by atoms with Crippen LogP contribution in [-0.4, -0.2) is 24.6 Å². The maximum absolute atomic E-state index is 4.52. The maximum atomic E-state index is 4.52. The van der Waals surface area contributed by atoms with E-state index in [-0.39, 0.29) is 0 Å². The summed E-state index contributed by atoms with van der Waals surface area (Å²) in [5, 5.41) is 5.52. The van der Waals surface area contributed by atoms with Crippen LogP contribution >= 0.6 is 11.3 Å². The Bertz CT molecular complexity index is 524. The molecule has 1 fully saturated rings. The summed E-state index contributed by atoms with van der Waals surface area (Å²) in [7, 11) is 0. The van der Waals surface area contributed by atoms with Crippen LogP contribution in [0.5, 0.6) is 0 Å². The lowest BCUT2D eigenvalue weighted by atomic mass is 9.96. The number of nitrogens with one attached hydrogen (secondary N) is 3. The summed E-state index contributed by atoms with van der Waals surface area (Å²) in [6.07, 6.45) is 2.00. The number of aromatic nitrogens is 1. The molecule has 0 bridgehead atoms. The number of hydrazine groups is 1. The monoisotopic (exact) mass is 262 g/mol. The Labute approximate surface area is 111 Å². The molecule has 4 nitrogen and oxygen atoms in total. The van der Waals surface area contributed by atoms with Crippen LogP contribution in [0.15, 0.2) is 23.7 Å². The second-order valence-electron chi connectivity index (χ2n) is 4.64. The van der Waals surface area contributed by atoms with E-state index in [4.69, 9.17) is 0 Å². The van der Waals surface area contributed by atoms with Gasteiger partial charge in [0.2, 0.25) is 0 Å². The zero-order valence-electron chi connectivity index (χ0n) is 10.4. The fourth-order valence-corrected chi connectivity index (χ4v) is 3.23. The van der Waals surface area contributed by atoms with E-state index in [1.54, 1.807) is 11.3 Å². The Morgan fingerprint density at radius 1 is 1.56 bits per heavy atom. The summed E-state index contributed by atoms with van der Waals surface area (Å²) >= 11 is 1.75. The average Bonchev–Trinajstić information content (AvgIpc) is 3.03. The molecular formula is C13H18N4S. The molecule has 1 aliphatic heterocycles. The van der Waals surface area contributed by atoms with Crippen molar-refractivity contribution in [2.45, 2.75) is 13.0 Å². The summed E-state index contributed by atoms with van der Waals surface area (Å²) < 4.78 is 1.27. The van der Waals surface area contributed by atoms with Crippen LogP contribution in [0.4, 0.5) is 0 Å². The first kappa shape index (κ1) is 12.0. The van der Waals surface area contributed by atoms with Crippen molar-refractivity contribution in [1.29, 1.82) is 0 Å². The average molecular weight is 262 g/mol. The number of hydrogen-bond donors (Lipinski definition) is 3. The molecule has 0 aliphatic carbocycles. The number of rotatable bonds is 4. The highest BCUT2D eigenvalue weighted by Gasteiger charge is 2.28. The van der Waals surface area contributed by atoms with Crippen LogP contribution in [0.3, 0.4) is 0 Å². The molecule has 1 saturated heterocycles. The van der Waals surface area contributed by atoms with Crippen molar-refractivity contribution in [2.24, 2.45) is 5.92 Å².